The Kier molecular flexibility index (Phi) is 7.52. The number of hydrogen-bond acceptors (Lipinski definition) is 3. The third-order valence-electron chi connectivity index (χ3n) is 3.68. The maximum absolute atomic E-state index is 14.7. The summed E-state index contributed by atoms with van der Waals surface area (Å²) in [6.07, 6.45) is -0.248. The van der Waals surface area contributed by atoms with Crippen LogP contribution in [0.3, 0.4) is 0 Å². The Balaban J connectivity index is 2.24. The van der Waals surface area contributed by atoms with E-state index in [4.69, 9.17) is 44.6 Å². The van der Waals surface area contributed by atoms with Gasteiger partial charge in [0.15, 0.2) is 11.6 Å². The third kappa shape index (κ3) is 5.74. The Hall–Kier alpha value is -2.02. The van der Waals surface area contributed by atoms with E-state index in [2.05, 4.69) is 5.32 Å². The highest BCUT2D eigenvalue weighted by atomic mass is 35.5. The summed E-state index contributed by atoms with van der Waals surface area (Å²) in [4.78, 5) is 22.6. The summed E-state index contributed by atoms with van der Waals surface area (Å²) in [7, 11) is 0. The molecule has 9 heteroatoms. The van der Waals surface area contributed by atoms with E-state index in [1.165, 1.54) is 24.3 Å². The lowest BCUT2D eigenvalue weighted by Crippen LogP contribution is -2.19. The summed E-state index contributed by atoms with van der Waals surface area (Å²) in [5.41, 5.74) is 0.439. The van der Waals surface area contributed by atoms with E-state index in [9.17, 15) is 14.0 Å². The maximum atomic E-state index is 14.7. The van der Waals surface area contributed by atoms with Crippen LogP contribution in [0.15, 0.2) is 24.3 Å². The second-order valence-corrected chi connectivity index (χ2v) is 7.57. The number of ether oxygens (including phenoxy) is 1. The van der Waals surface area contributed by atoms with Gasteiger partial charge in [0.05, 0.1) is 22.2 Å². The van der Waals surface area contributed by atoms with E-state index in [1.54, 1.807) is 13.8 Å². The molecule has 0 saturated carbocycles. The van der Waals surface area contributed by atoms with Gasteiger partial charge in [-0.2, -0.15) is 0 Å². The molecule has 5 nitrogen and oxygen atoms in total. The number of nitrogens with one attached hydrogen (secondary N) is 1. The van der Waals surface area contributed by atoms with Crippen molar-refractivity contribution in [3.63, 3.8) is 0 Å². The van der Waals surface area contributed by atoms with Crippen LogP contribution in [0.4, 0.5) is 10.1 Å². The molecule has 2 rings (SSSR count). The first-order valence-corrected chi connectivity index (χ1v) is 9.33. The number of carboxylic acid groups (broad SMARTS) is 1. The number of aliphatic carboxylic acids is 1. The number of anilines is 1. The number of carbonyl (C=O) groups excluding carboxylic acids is 1. The van der Waals surface area contributed by atoms with Crippen LogP contribution < -0.4 is 10.1 Å². The molecule has 0 spiro atoms. The van der Waals surface area contributed by atoms with Gasteiger partial charge in [-0.1, -0.05) is 48.7 Å². The molecule has 0 bridgehead atoms. The second-order valence-electron chi connectivity index (χ2n) is 6.32. The predicted molar refractivity (Wildman–Crippen MR) is 107 cm³/mol. The zero-order chi connectivity index (χ0) is 21.0. The first-order valence-electron chi connectivity index (χ1n) is 8.19. The summed E-state index contributed by atoms with van der Waals surface area (Å²) >= 11 is 18.2. The van der Waals surface area contributed by atoms with Crippen molar-refractivity contribution in [2.45, 2.75) is 26.9 Å². The van der Waals surface area contributed by atoms with Gasteiger partial charge in [-0.25, -0.2) is 4.39 Å². The SMILES string of the molecule is CC(C)C(=O)Nc1cc(Cl)cc(COc2c(Cl)cc(CC(=O)O)cc2Cl)c1F. The molecule has 0 aromatic heterocycles. The van der Waals surface area contributed by atoms with E-state index in [0.29, 0.717) is 5.56 Å². The lowest BCUT2D eigenvalue weighted by Gasteiger charge is -2.15. The van der Waals surface area contributed by atoms with Crippen molar-refractivity contribution in [2.24, 2.45) is 5.92 Å². The summed E-state index contributed by atoms with van der Waals surface area (Å²) in [6.45, 7) is 3.11. The number of rotatable bonds is 7. The minimum Gasteiger partial charge on any atom is -0.486 e. The lowest BCUT2D eigenvalue weighted by atomic mass is 10.1. The van der Waals surface area contributed by atoms with Gasteiger partial charge in [-0.15, -0.1) is 0 Å². The van der Waals surface area contributed by atoms with Gasteiger partial charge in [0.25, 0.3) is 0 Å². The molecule has 0 fully saturated rings. The fraction of sp³-hybridized carbons (Fsp3) is 0.263. The topological polar surface area (TPSA) is 75.6 Å². The molecule has 0 aliphatic rings. The minimum atomic E-state index is -1.03. The molecule has 2 aromatic rings. The largest absolute Gasteiger partial charge is 0.486 e. The van der Waals surface area contributed by atoms with E-state index >= 15 is 0 Å². The van der Waals surface area contributed by atoms with Crippen molar-refractivity contribution in [1.29, 1.82) is 0 Å². The molecule has 0 radical (unpaired) electrons. The summed E-state index contributed by atoms with van der Waals surface area (Å²) < 4.78 is 20.2. The monoisotopic (exact) mass is 447 g/mol. The maximum Gasteiger partial charge on any atom is 0.307 e. The quantitative estimate of drug-likeness (QED) is 0.579. The van der Waals surface area contributed by atoms with Crippen LogP contribution in [0.2, 0.25) is 15.1 Å². The van der Waals surface area contributed by atoms with E-state index in [-0.39, 0.29) is 56.9 Å². The molecule has 0 aliphatic carbocycles. The van der Waals surface area contributed by atoms with E-state index in [0.717, 1.165) is 0 Å². The Bertz CT molecular complexity index is 895. The number of carbonyl (C=O) groups is 2. The first-order chi connectivity index (χ1) is 13.1. The number of benzene rings is 2. The van der Waals surface area contributed by atoms with E-state index < -0.39 is 11.8 Å². The zero-order valence-corrected chi connectivity index (χ0v) is 17.3. The van der Waals surface area contributed by atoms with Crippen molar-refractivity contribution in [1.82, 2.24) is 0 Å². The van der Waals surface area contributed by atoms with Crippen molar-refractivity contribution in [2.75, 3.05) is 5.32 Å². The van der Waals surface area contributed by atoms with Crippen LogP contribution >= 0.6 is 34.8 Å². The van der Waals surface area contributed by atoms with Crippen molar-refractivity contribution in [3.05, 3.63) is 56.3 Å². The Morgan fingerprint density at radius 2 is 1.75 bits per heavy atom. The normalized spacial score (nSPS) is 10.8. The molecular weight excluding hydrogens is 432 g/mol. The van der Waals surface area contributed by atoms with Crippen LogP contribution in [0.1, 0.15) is 25.0 Å². The molecule has 0 aliphatic heterocycles. The second kappa shape index (κ2) is 9.45. The molecule has 150 valence electrons. The van der Waals surface area contributed by atoms with Gasteiger partial charge in [-0.3, -0.25) is 9.59 Å². The summed E-state index contributed by atoms with van der Waals surface area (Å²) in [6, 6.07) is 5.50. The first kappa shape index (κ1) is 22.3. The molecule has 1 amide bonds. The average Bonchev–Trinajstić information content (AvgIpc) is 2.57. The van der Waals surface area contributed by atoms with Crippen LogP contribution in [0.5, 0.6) is 5.75 Å². The van der Waals surface area contributed by atoms with Gasteiger partial charge < -0.3 is 15.2 Å². The zero-order valence-electron chi connectivity index (χ0n) is 15.0. The standard InChI is InChI=1S/C19H17Cl3FNO4/c1-9(2)19(27)24-15-7-12(20)6-11(17(15)23)8-28-18-13(21)3-10(4-14(18)22)5-16(25)26/h3-4,6-7,9H,5,8H2,1-2H3,(H,24,27)(H,25,26). The van der Waals surface area contributed by atoms with E-state index in [1.807, 2.05) is 0 Å². The fourth-order valence-electron chi connectivity index (χ4n) is 2.30. The molecular formula is C19H17Cl3FNO4. The molecule has 2 N–H and O–H groups in total. The number of halogens is 4. The molecule has 2 aromatic carbocycles. The van der Waals surface area contributed by atoms with Crippen LogP contribution in [-0.4, -0.2) is 17.0 Å². The van der Waals surface area contributed by atoms with Crippen LogP contribution in [0, 0.1) is 11.7 Å². The van der Waals surface area contributed by atoms with Crippen molar-refractivity contribution < 1.29 is 23.8 Å². The smallest absolute Gasteiger partial charge is 0.307 e. The van der Waals surface area contributed by atoms with Crippen molar-refractivity contribution >= 4 is 52.4 Å². The van der Waals surface area contributed by atoms with Gasteiger partial charge in [-0.05, 0) is 29.8 Å². The Labute approximate surface area is 176 Å². The van der Waals surface area contributed by atoms with Gasteiger partial charge in [0.2, 0.25) is 5.91 Å². The summed E-state index contributed by atoms with van der Waals surface area (Å²) in [5, 5.41) is 11.7. The highest BCUT2D eigenvalue weighted by molar-refractivity contribution is 6.37. The molecule has 28 heavy (non-hydrogen) atoms. The molecule has 0 saturated heterocycles. The van der Waals surface area contributed by atoms with Gasteiger partial charge in [0, 0.05) is 16.5 Å². The molecule has 0 heterocycles. The number of amides is 1. The average molecular weight is 449 g/mol. The third-order valence-corrected chi connectivity index (χ3v) is 4.46. The van der Waals surface area contributed by atoms with Crippen LogP contribution in [0.25, 0.3) is 0 Å². The highest BCUT2D eigenvalue weighted by Crippen LogP contribution is 2.35. The number of hydrogen-bond donors (Lipinski definition) is 2. The Morgan fingerprint density at radius 1 is 1.14 bits per heavy atom. The number of carboxylic acids is 1. The lowest BCUT2D eigenvalue weighted by molar-refractivity contribution is -0.136. The fourth-order valence-corrected chi connectivity index (χ4v) is 3.18. The minimum absolute atomic E-state index is 0.0567. The van der Waals surface area contributed by atoms with Gasteiger partial charge in [0.1, 0.15) is 6.61 Å². The molecule has 0 unspecified atom stereocenters. The van der Waals surface area contributed by atoms with Crippen molar-refractivity contribution in [3.8, 4) is 5.75 Å². The van der Waals surface area contributed by atoms with Gasteiger partial charge >= 0.3 is 5.97 Å². The summed E-state index contributed by atoms with van der Waals surface area (Å²) in [5.74, 6) is -2.32. The Morgan fingerprint density at radius 3 is 2.29 bits per heavy atom. The van der Waals surface area contributed by atoms with Crippen LogP contribution in [-0.2, 0) is 22.6 Å². The highest BCUT2D eigenvalue weighted by Gasteiger charge is 2.17. The molecule has 0 atom stereocenters. The predicted octanol–water partition coefficient (Wildman–Crippen LogP) is 5.59.